The molecule has 2 aromatic carbocycles. The van der Waals surface area contributed by atoms with Crippen LogP contribution in [0.25, 0.3) is 0 Å². The minimum atomic E-state index is -0.537. The van der Waals surface area contributed by atoms with E-state index in [1.54, 1.807) is 11.9 Å². The first-order valence-electron chi connectivity index (χ1n) is 9.74. The number of carbonyl (C=O) groups is 2. The predicted octanol–water partition coefficient (Wildman–Crippen LogP) is 3.74. The zero-order valence-electron chi connectivity index (χ0n) is 17.1. The van der Waals surface area contributed by atoms with Gasteiger partial charge >= 0.3 is 0 Å². The van der Waals surface area contributed by atoms with Crippen molar-refractivity contribution < 1.29 is 14.3 Å². The summed E-state index contributed by atoms with van der Waals surface area (Å²) in [7, 11) is 1.59. The lowest BCUT2D eigenvalue weighted by Crippen LogP contribution is -2.49. The number of likely N-dealkylation sites (N-methyl/N-ethyl adjacent to an activating group) is 1. The van der Waals surface area contributed by atoms with Crippen molar-refractivity contribution in [1.82, 2.24) is 10.2 Å². The van der Waals surface area contributed by atoms with Crippen LogP contribution in [0.2, 0.25) is 0 Å². The Labute approximate surface area is 167 Å². The molecule has 1 N–H and O–H groups in total. The average Bonchev–Trinajstić information content (AvgIpc) is 2.72. The van der Waals surface area contributed by atoms with E-state index in [0.29, 0.717) is 24.6 Å². The summed E-state index contributed by atoms with van der Waals surface area (Å²) in [6.07, 6.45) is 0.529. The summed E-state index contributed by atoms with van der Waals surface area (Å²) in [6, 6.07) is 16.9. The monoisotopic (exact) mass is 382 g/mol. The highest BCUT2D eigenvalue weighted by Crippen LogP contribution is 2.19. The maximum absolute atomic E-state index is 12.9. The van der Waals surface area contributed by atoms with Crippen LogP contribution in [-0.4, -0.2) is 36.4 Å². The third-order valence-corrected chi connectivity index (χ3v) is 4.74. The van der Waals surface area contributed by atoms with Gasteiger partial charge in [-0.25, -0.2) is 0 Å². The van der Waals surface area contributed by atoms with Crippen LogP contribution in [0.15, 0.2) is 54.6 Å². The molecule has 150 valence electrons. The van der Waals surface area contributed by atoms with Crippen LogP contribution in [0.4, 0.5) is 0 Å². The van der Waals surface area contributed by atoms with Crippen LogP contribution in [-0.2, 0) is 16.1 Å². The number of nitrogens with one attached hydrogen (secondary N) is 1. The molecule has 0 aliphatic carbocycles. The normalized spacial score (nSPS) is 11.8. The average molecular weight is 383 g/mol. The number of hydrogen-bond acceptors (Lipinski definition) is 3. The standard InChI is InChI=1S/C23H30N2O3/c1-5-21(23(27)24-4)25(15-18-9-7-6-8-10-18)22(26)16-28-20-13-11-19(12-14-20)17(2)3/h6-14,17,21H,5,15-16H2,1-4H3,(H,24,27). The van der Waals surface area contributed by atoms with Gasteiger partial charge in [0.2, 0.25) is 5.91 Å². The molecule has 0 saturated carbocycles. The molecule has 2 rings (SSSR count). The van der Waals surface area contributed by atoms with Crippen molar-refractivity contribution in [2.45, 2.75) is 45.7 Å². The lowest BCUT2D eigenvalue weighted by Gasteiger charge is -2.30. The first-order chi connectivity index (χ1) is 13.5. The van der Waals surface area contributed by atoms with Gasteiger partial charge < -0.3 is 15.0 Å². The maximum Gasteiger partial charge on any atom is 0.261 e. The summed E-state index contributed by atoms with van der Waals surface area (Å²) >= 11 is 0. The topological polar surface area (TPSA) is 58.6 Å². The Morgan fingerprint density at radius 1 is 1.04 bits per heavy atom. The number of nitrogens with zero attached hydrogens (tertiary/aromatic N) is 1. The number of rotatable bonds is 9. The maximum atomic E-state index is 12.9. The highest BCUT2D eigenvalue weighted by atomic mass is 16.5. The van der Waals surface area contributed by atoms with Gasteiger partial charge in [0.05, 0.1) is 0 Å². The van der Waals surface area contributed by atoms with Crippen LogP contribution in [0.3, 0.4) is 0 Å². The van der Waals surface area contributed by atoms with Gasteiger partial charge in [0.1, 0.15) is 11.8 Å². The van der Waals surface area contributed by atoms with E-state index in [-0.39, 0.29) is 18.4 Å². The molecule has 5 heteroatoms. The Balaban J connectivity index is 2.12. The molecule has 0 radical (unpaired) electrons. The molecule has 0 aliphatic rings. The fourth-order valence-electron chi connectivity index (χ4n) is 3.04. The van der Waals surface area contributed by atoms with E-state index in [9.17, 15) is 9.59 Å². The quantitative estimate of drug-likeness (QED) is 0.719. The lowest BCUT2D eigenvalue weighted by atomic mass is 10.0. The van der Waals surface area contributed by atoms with Gasteiger partial charge in [-0.1, -0.05) is 63.2 Å². The molecule has 2 aromatic rings. The Morgan fingerprint density at radius 3 is 2.21 bits per heavy atom. The van der Waals surface area contributed by atoms with Crippen molar-refractivity contribution in [3.63, 3.8) is 0 Å². The van der Waals surface area contributed by atoms with E-state index < -0.39 is 6.04 Å². The molecule has 1 atom stereocenters. The highest BCUT2D eigenvalue weighted by molar-refractivity contribution is 5.88. The number of benzene rings is 2. The minimum Gasteiger partial charge on any atom is -0.484 e. The Kier molecular flexibility index (Phi) is 8.05. The summed E-state index contributed by atoms with van der Waals surface area (Å²) in [4.78, 5) is 26.8. The molecule has 2 amide bonds. The van der Waals surface area contributed by atoms with Crippen LogP contribution >= 0.6 is 0 Å². The van der Waals surface area contributed by atoms with Gasteiger partial charge in [0.15, 0.2) is 6.61 Å². The van der Waals surface area contributed by atoms with Gasteiger partial charge in [-0.3, -0.25) is 9.59 Å². The molecule has 0 fully saturated rings. The summed E-state index contributed by atoms with van der Waals surface area (Å²) in [5.74, 6) is 0.695. The summed E-state index contributed by atoms with van der Waals surface area (Å²) in [5, 5.41) is 2.65. The molecule has 0 spiro atoms. The second kappa shape index (κ2) is 10.5. The van der Waals surface area contributed by atoms with Gasteiger partial charge in [0.25, 0.3) is 5.91 Å². The second-order valence-corrected chi connectivity index (χ2v) is 7.06. The Bertz CT molecular complexity index is 757. The van der Waals surface area contributed by atoms with Crippen LogP contribution < -0.4 is 10.1 Å². The number of ether oxygens (including phenoxy) is 1. The smallest absolute Gasteiger partial charge is 0.261 e. The Morgan fingerprint density at radius 2 is 1.68 bits per heavy atom. The molecule has 0 heterocycles. The molecule has 0 aliphatic heterocycles. The van der Waals surface area contributed by atoms with Gasteiger partial charge in [-0.05, 0) is 35.6 Å². The van der Waals surface area contributed by atoms with E-state index in [1.807, 2.05) is 61.5 Å². The SMILES string of the molecule is CCC(C(=O)NC)N(Cc1ccccc1)C(=O)COc1ccc(C(C)C)cc1. The third-order valence-electron chi connectivity index (χ3n) is 4.74. The fourth-order valence-corrected chi connectivity index (χ4v) is 3.04. The van der Waals surface area contributed by atoms with E-state index >= 15 is 0 Å². The van der Waals surface area contributed by atoms with E-state index in [2.05, 4.69) is 19.2 Å². The van der Waals surface area contributed by atoms with E-state index in [4.69, 9.17) is 4.74 Å². The van der Waals surface area contributed by atoms with E-state index in [1.165, 1.54) is 5.56 Å². The fraction of sp³-hybridized carbons (Fsp3) is 0.391. The first kappa shape index (κ1) is 21.5. The Hall–Kier alpha value is -2.82. The molecular weight excluding hydrogens is 352 g/mol. The molecular formula is C23H30N2O3. The van der Waals surface area contributed by atoms with Gasteiger partial charge in [0, 0.05) is 13.6 Å². The lowest BCUT2D eigenvalue weighted by molar-refractivity contribution is -0.142. The molecule has 0 saturated heterocycles. The summed E-state index contributed by atoms with van der Waals surface area (Å²) in [5.41, 5.74) is 2.19. The summed E-state index contributed by atoms with van der Waals surface area (Å²) < 4.78 is 5.71. The number of amides is 2. The van der Waals surface area contributed by atoms with Crippen LogP contribution in [0.1, 0.15) is 44.2 Å². The summed E-state index contributed by atoms with van der Waals surface area (Å²) in [6.45, 7) is 6.41. The molecule has 0 aromatic heterocycles. The van der Waals surface area contributed by atoms with Crippen molar-refractivity contribution in [2.75, 3.05) is 13.7 Å². The van der Waals surface area contributed by atoms with Crippen LogP contribution in [0, 0.1) is 0 Å². The molecule has 0 bridgehead atoms. The molecule has 1 unspecified atom stereocenters. The van der Waals surface area contributed by atoms with Crippen LogP contribution in [0.5, 0.6) is 5.75 Å². The minimum absolute atomic E-state index is 0.110. The van der Waals surface area contributed by atoms with Gasteiger partial charge in [-0.15, -0.1) is 0 Å². The van der Waals surface area contributed by atoms with E-state index in [0.717, 1.165) is 5.56 Å². The zero-order valence-corrected chi connectivity index (χ0v) is 17.1. The number of carbonyl (C=O) groups excluding carboxylic acids is 2. The van der Waals surface area contributed by atoms with Gasteiger partial charge in [-0.2, -0.15) is 0 Å². The highest BCUT2D eigenvalue weighted by Gasteiger charge is 2.28. The zero-order chi connectivity index (χ0) is 20.5. The predicted molar refractivity (Wildman–Crippen MR) is 111 cm³/mol. The number of hydrogen-bond donors (Lipinski definition) is 1. The van der Waals surface area contributed by atoms with Crippen molar-refractivity contribution >= 4 is 11.8 Å². The van der Waals surface area contributed by atoms with Crippen molar-refractivity contribution in [3.05, 3.63) is 65.7 Å². The first-order valence-corrected chi connectivity index (χ1v) is 9.74. The second-order valence-electron chi connectivity index (χ2n) is 7.06. The third kappa shape index (κ3) is 5.84. The molecule has 28 heavy (non-hydrogen) atoms. The van der Waals surface area contributed by atoms with Crippen molar-refractivity contribution in [2.24, 2.45) is 0 Å². The molecule has 5 nitrogen and oxygen atoms in total. The van der Waals surface area contributed by atoms with Crippen molar-refractivity contribution in [1.29, 1.82) is 0 Å². The van der Waals surface area contributed by atoms with Crippen molar-refractivity contribution in [3.8, 4) is 5.75 Å². The largest absolute Gasteiger partial charge is 0.484 e.